The smallest absolute Gasteiger partial charge is 0.00347 e. The van der Waals surface area contributed by atoms with Crippen LogP contribution in [0.3, 0.4) is 0 Å². The van der Waals surface area contributed by atoms with Gasteiger partial charge in [0.1, 0.15) is 0 Å². The molecule has 1 heterocycles. The van der Waals surface area contributed by atoms with E-state index in [1.807, 2.05) is 0 Å². The van der Waals surface area contributed by atoms with E-state index in [2.05, 4.69) is 36.5 Å². The summed E-state index contributed by atoms with van der Waals surface area (Å²) in [6, 6.07) is 8.99. The number of rotatable bonds is 1. The van der Waals surface area contributed by atoms with Gasteiger partial charge in [0.15, 0.2) is 0 Å². The number of hydrogen-bond acceptors (Lipinski definition) is 1. The van der Waals surface area contributed by atoms with Crippen molar-refractivity contribution in [2.24, 2.45) is 5.41 Å². The molecule has 1 heteroatoms. The van der Waals surface area contributed by atoms with Crippen molar-refractivity contribution in [2.75, 3.05) is 13.1 Å². The maximum absolute atomic E-state index is 3.66. The molecule has 1 aliphatic carbocycles. The Bertz CT molecular complexity index is 390. The summed E-state index contributed by atoms with van der Waals surface area (Å²) in [7, 11) is 0. The lowest BCUT2D eigenvalue weighted by molar-refractivity contribution is 0.189. The molecule has 1 saturated heterocycles. The molecular weight excluding hydrogens is 206 g/mol. The lowest BCUT2D eigenvalue weighted by atomic mass is 9.65. The Labute approximate surface area is 105 Å². The van der Waals surface area contributed by atoms with Crippen molar-refractivity contribution in [3.63, 3.8) is 0 Å². The molecule has 17 heavy (non-hydrogen) atoms. The van der Waals surface area contributed by atoms with Gasteiger partial charge in [-0.2, -0.15) is 0 Å². The number of hydrogen-bond donors (Lipinski definition) is 1. The van der Waals surface area contributed by atoms with E-state index in [-0.39, 0.29) is 0 Å². The normalized spacial score (nSPS) is 27.5. The van der Waals surface area contributed by atoms with E-state index in [9.17, 15) is 0 Å². The summed E-state index contributed by atoms with van der Waals surface area (Å²) in [6.07, 6.45) is 7.17. The molecule has 2 fully saturated rings. The first kappa shape index (κ1) is 11.3. The van der Waals surface area contributed by atoms with Gasteiger partial charge in [-0.25, -0.2) is 0 Å². The monoisotopic (exact) mass is 229 g/mol. The second-order valence-corrected chi connectivity index (χ2v) is 5.96. The fourth-order valence-corrected chi connectivity index (χ4v) is 4.00. The van der Waals surface area contributed by atoms with Gasteiger partial charge >= 0.3 is 0 Å². The Balaban J connectivity index is 1.94. The van der Waals surface area contributed by atoms with Crippen LogP contribution in [0.1, 0.15) is 49.1 Å². The van der Waals surface area contributed by atoms with Crippen LogP contribution >= 0.6 is 0 Å². The zero-order valence-electron chi connectivity index (χ0n) is 10.8. The highest BCUT2D eigenvalue weighted by atomic mass is 14.9. The van der Waals surface area contributed by atoms with Gasteiger partial charge in [0.05, 0.1) is 0 Å². The van der Waals surface area contributed by atoms with Crippen molar-refractivity contribution < 1.29 is 0 Å². The van der Waals surface area contributed by atoms with Crippen molar-refractivity contribution >= 4 is 0 Å². The van der Waals surface area contributed by atoms with Crippen molar-refractivity contribution in [3.05, 3.63) is 35.4 Å². The van der Waals surface area contributed by atoms with Gasteiger partial charge in [-0.15, -0.1) is 0 Å². The van der Waals surface area contributed by atoms with E-state index in [1.54, 1.807) is 5.56 Å². The van der Waals surface area contributed by atoms with Gasteiger partial charge in [-0.05, 0) is 36.3 Å². The van der Waals surface area contributed by atoms with Gasteiger partial charge in [0, 0.05) is 19.0 Å². The molecule has 0 bridgehead atoms. The van der Waals surface area contributed by atoms with Gasteiger partial charge in [-0.1, -0.05) is 43.5 Å². The Hall–Kier alpha value is -0.820. The minimum Gasteiger partial charge on any atom is -0.316 e. The first-order valence-corrected chi connectivity index (χ1v) is 7.08. The van der Waals surface area contributed by atoms with Gasteiger partial charge in [0.2, 0.25) is 0 Å². The standard InChI is InChI=1S/C16H23N/c1-13-7-3-4-8-14(13)15-11-17-12-16(15)9-5-2-6-10-16/h3-4,7-8,15,17H,2,5-6,9-12H2,1H3. The lowest BCUT2D eigenvalue weighted by Gasteiger charge is -2.39. The average Bonchev–Trinajstić information content (AvgIpc) is 2.74. The molecule has 1 saturated carbocycles. The summed E-state index contributed by atoms with van der Waals surface area (Å²) in [4.78, 5) is 0. The molecule has 2 aliphatic rings. The molecule has 0 aromatic heterocycles. The lowest BCUT2D eigenvalue weighted by Crippen LogP contribution is -2.31. The molecule has 1 atom stereocenters. The van der Waals surface area contributed by atoms with Gasteiger partial charge in [-0.3, -0.25) is 0 Å². The zero-order chi connectivity index (χ0) is 11.7. The van der Waals surface area contributed by atoms with Gasteiger partial charge < -0.3 is 5.32 Å². The highest BCUT2D eigenvalue weighted by Gasteiger charge is 2.44. The van der Waals surface area contributed by atoms with E-state index in [4.69, 9.17) is 0 Å². The summed E-state index contributed by atoms with van der Waals surface area (Å²) < 4.78 is 0. The third-order valence-electron chi connectivity index (χ3n) is 4.98. The fraction of sp³-hybridized carbons (Fsp3) is 0.625. The first-order valence-electron chi connectivity index (χ1n) is 7.08. The molecule has 1 spiro atoms. The Morgan fingerprint density at radius 2 is 1.88 bits per heavy atom. The van der Waals surface area contributed by atoms with Crippen LogP contribution in [-0.4, -0.2) is 13.1 Å². The molecule has 1 aliphatic heterocycles. The molecule has 92 valence electrons. The molecule has 1 unspecified atom stereocenters. The quantitative estimate of drug-likeness (QED) is 0.775. The first-order chi connectivity index (χ1) is 8.32. The van der Waals surface area contributed by atoms with E-state index in [0.29, 0.717) is 5.41 Å². The average molecular weight is 229 g/mol. The van der Waals surface area contributed by atoms with Crippen molar-refractivity contribution in [1.82, 2.24) is 5.32 Å². The maximum Gasteiger partial charge on any atom is 0.00347 e. The van der Waals surface area contributed by atoms with Crippen molar-refractivity contribution in [2.45, 2.75) is 44.9 Å². The topological polar surface area (TPSA) is 12.0 Å². The predicted octanol–water partition coefficient (Wildman–Crippen LogP) is 3.63. The van der Waals surface area contributed by atoms with Crippen molar-refractivity contribution in [3.8, 4) is 0 Å². The number of benzene rings is 1. The fourth-order valence-electron chi connectivity index (χ4n) is 4.00. The molecule has 1 nitrogen and oxygen atoms in total. The minimum absolute atomic E-state index is 0.574. The Morgan fingerprint density at radius 1 is 1.12 bits per heavy atom. The van der Waals surface area contributed by atoms with Crippen LogP contribution in [0.4, 0.5) is 0 Å². The molecule has 0 amide bonds. The van der Waals surface area contributed by atoms with Crippen molar-refractivity contribution in [1.29, 1.82) is 0 Å². The van der Waals surface area contributed by atoms with E-state index >= 15 is 0 Å². The van der Waals surface area contributed by atoms with E-state index in [0.717, 1.165) is 5.92 Å². The number of nitrogens with one attached hydrogen (secondary N) is 1. The summed E-state index contributed by atoms with van der Waals surface area (Å²) in [5.41, 5.74) is 3.65. The summed E-state index contributed by atoms with van der Waals surface area (Å²) in [5, 5.41) is 3.66. The SMILES string of the molecule is Cc1ccccc1C1CNCC12CCCCC2. The highest BCUT2D eigenvalue weighted by Crippen LogP contribution is 2.49. The Kier molecular flexibility index (Phi) is 2.96. The molecule has 1 aromatic carbocycles. The van der Waals surface area contributed by atoms with Crippen LogP contribution in [0.25, 0.3) is 0 Å². The predicted molar refractivity (Wildman–Crippen MR) is 72.3 cm³/mol. The summed E-state index contributed by atoms with van der Waals surface area (Å²) >= 11 is 0. The van der Waals surface area contributed by atoms with Crippen LogP contribution < -0.4 is 5.32 Å². The molecule has 3 rings (SSSR count). The largest absolute Gasteiger partial charge is 0.316 e. The third kappa shape index (κ3) is 1.91. The molecule has 1 N–H and O–H groups in total. The number of aryl methyl sites for hydroxylation is 1. The minimum atomic E-state index is 0.574. The summed E-state index contributed by atoms with van der Waals surface area (Å²) in [6.45, 7) is 4.70. The second kappa shape index (κ2) is 4.45. The third-order valence-corrected chi connectivity index (χ3v) is 4.98. The van der Waals surface area contributed by atoms with Crippen LogP contribution in [0.2, 0.25) is 0 Å². The zero-order valence-corrected chi connectivity index (χ0v) is 10.8. The molecule has 0 radical (unpaired) electrons. The summed E-state index contributed by atoms with van der Waals surface area (Å²) in [5.74, 6) is 0.754. The Morgan fingerprint density at radius 3 is 2.65 bits per heavy atom. The van der Waals surface area contributed by atoms with Gasteiger partial charge in [0.25, 0.3) is 0 Å². The highest BCUT2D eigenvalue weighted by molar-refractivity contribution is 5.32. The van der Waals surface area contributed by atoms with E-state index < -0.39 is 0 Å². The van der Waals surface area contributed by atoms with Crippen LogP contribution in [0, 0.1) is 12.3 Å². The van der Waals surface area contributed by atoms with Crippen LogP contribution in [0.15, 0.2) is 24.3 Å². The van der Waals surface area contributed by atoms with E-state index in [1.165, 1.54) is 50.8 Å². The second-order valence-electron chi connectivity index (χ2n) is 5.96. The molecule has 1 aromatic rings. The molecular formula is C16H23N. The maximum atomic E-state index is 3.66. The van der Waals surface area contributed by atoms with Crippen LogP contribution in [-0.2, 0) is 0 Å². The van der Waals surface area contributed by atoms with Crippen LogP contribution in [0.5, 0.6) is 0 Å².